The van der Waals surface area contributed by atoms with Gasteiger partial charge in [-0.1, -0.05) is 0 Å². The van der Waals surface area contributed by atoms with E-state index in [2.05, 4.69) is 15.6 Å². The summed E-state index contributed by atoms with van der Waals surface area (Å²) in [5.41, 5.74) is 2.14. The van der Waals surface area contributed by atoms with Crippen LogP contribution in [0.1, 0.15) is 26.5 Å². The number of carboxylic acids is 1. The van der Waals surface area contributed by atoms with Gasteiger partial charge in [0.1, 0.15) is 5.01 Å². The monoisotopic (exact) mass is 305 g/mol. The van der Waals surface area contributed by atoms with Crippen LogP contribution in [0.2, 0.25) is 0 Å². The minimum Gasteiger partial charge on any atom is -0.478 e. The number of benzene rings is 1. The molecule has 6 nitrogen and oxygen atoms in total. The van der Waals surface area contributed by atoms with Crippen LogP contribution in [0.3, 0.4) is 0 Å². The number of nitrogens with one attached hydrogen (secondary N) is 2. The SMILES string of the molecule is Cc1cc(NC(=O)NCc2nccs2)cc(C(=O)O)c1C. The molecule has 1 aromatic heterocycles. The van der Waals surface area contributed by atoms with Gasteiger partial charge < -0.3 is 15.7 Å². The Morgan fingerprint density at radius 3 is 2.71 bits per heavy atom. The highest BCUT2D eigenvalue weighted by Gasteiger charge is 2.12. The molecular formula is C14H15N3O3S. The van der Waals surface area contributed by atoms with Crippen LogP contribution in [0.4, 0.5) is 10.5 Å². The summed E-state index contributed by atoms with van der Waals surface area (Å²) in [7, 11) is 0. The molecule has 0 bridgehead atoms. The molecule has 21 heavy (non-hydrogen) atoms. The highest BCUT2D eigenvalue weighted by atomic mass is 32.1. The van der Waals surface area contributed by atoms with Crippen molar-refractivity contribution in [2.45, 2.75) is 20.4 Å². The Balaban J connectivity index is 2.05. The number of rotatable bonds is 4. The van der Waals surface area contributed by atoms with Crippen LogP contribution < -0.4 is 10.6 Å². The summed E-state index contributed by atoms with van der Waals surface area (Å²) in [5, 5.41) is 17.1. The minimum absolute atomic E-state index is 0.185. The van der Waals surface area contributed by atoms with E-state index in [1.807, 2.05) is 5.38 Å². The number of nitrogens with zero attached hydrogens (tertiary/aromatic N) is 1. The maximum Gasteiger partial charge on any atom is 0.336 e. The second kappa shape index (κ2) is 6.36. The fraction of sp³-hybridized carbons (Fsp3) is 0.214. The number of thiazole rings is 1. The number of anilines is 1. The Hall–Kier alpha value is -2.41. The quantitative estimate of drug-likeness (QED) is 0.810. The van der Waals surface area contributed by atoms with Crippen molar-refractivity contribution < 1.29 is 14.7 Å². The third-order valence-corrected chi connectivity index (χ3v) is 3.82. The molecule has 1 aromatic carbocycles. The topological polar surface area (TPSA) is 91.3 Å². The van der Waals surface area contributed by atoms with Crippen LogP contribution in [0, 0.1) is 13.8 Å². The number of hydrogen-bond acceptors (Lipinski definition) is 4. The Kier molecular flexibility index (Phi) is 4.54. The lowest BCUT2D eigenvalue weighted by Crippen LogP contribution is -2.28. The van der Waals surface area contributed by atoms with Gasteiger partial charge in [0.25, 0.3) is 0 Å². The van der Waals surface area contributed by atoms with Gasteiger partial charge in [-0.15, -0.1) is 11.3 Å². The molecule has 0 spiro atoms. The van der Waals surface area contributed by atoms with Crippen molar-refractivity contribution in [1.29, 1.82) is 0 Å². The van der Waals surface area contributed by atoms with Crippen molar-refractivity contribution in [2.75, 3.05) is 5.32 Å². The first kappa shape index (κ1) is 15.0. The number of carboxylic acid groups (broad SMARTS) is 1. The second-order valence-electron chi connectivity index (χ2n) is 4.50. The number of urea groups is 1. The summed E-state index contributed by atoms with van der Waals surface area (Å²) < 4.78 is 0. The first-order valence-electron chi connectivity index (χ1n) is 6.25. The maximum absolute atomic E-state index is 11.8. The lowest BCUT2D eigenvalue weighted by Gasteiger charge is -2.11. The van der Waals surface area contributed by atoms with E-state index in [9.17, 15) is 9.59 Å². The zero-order valence-corrected chi connectivity index (χ0v) is 12.5. The van der Waals surface area contributed by atoms with Gasteiger partial charge in [-0.3, -0.25) is 0 Å². The molecule has 2 rings (SSSR count). The zero-order chi connectivity index (χ0) is 15.4. The van der Waals surface area contributed by atoms with Crippen LogP contribution in [0.25, 0.3) is 0 Å². The summed E-state index contributed by atoms with van der Waals surface area (Å²) in [4.78, 5) is 27.0. The number of carbonyl (C=O) groups is 2. The Labute approximate surface area is 125 Å². The van der Waals surface area contributed by atoms with Crippen molar-refractivity contribution >= 4 is 29.0 Å². The lowest BCUT2D eigenvalue weighted by atomic mass is 10.0. The van der Waals surface area contributed by atoms with Crippen molar-refractivity contribution in [2.24, 2.45) is 0 Å². The Morgan fingerprint density at radius 2 is 2.10 bits per heavy atom. The number of amides is 2. The number of aromatic carboxylic acids is 1. The van der Waals surface area contributed by atoms with Crippen molar-refractivity contribution in [3.8, 4) is 0 Å². The van der Waals surface area contributed by atoms with Crippen LogP contribution in [-0.4, -0.2) is 22.1 Å². The van der Waals surface area contributed by atoms with Crippen molar-refractivity contribution in [3.05, 3.63) is 45.4 Å². The highest BCUT2D eigenvalue weighted by Crippen LogP contribution is 2.20. The molecule has 3 N–H and O–H groups in total. The molecule has 0 radical (unpaired) electrons. The predicted molar refractivity (Wildman–Crippen MR) is 80.8 cm³/mol. The molecule has 0 atom stereocenters. The first-order valence-corrected chi connectivity index (χ1v) is 7.13. The molecule has 0 saturated heterocycles. The molecule has 0 fully saturated rings. The smallest absolute Gasteiger partial charge is 0.336 e. The Morgan fingerprint density at radius 1 is 1.33 bits per heavy atom. The Bertz CT molecular complexity index is 668. The van der Waals surface area contributed by atoms with Gasteiger partial charge in [-0.25, -0.2) is 14.6 Å². The van der Waals surface area contributed by atoms with Gasteiger partial charge in [0, 0.05) is 17.3 Å². The molecular weight excluding hydrogens is 290 g/mol. The molecule has 110 valence electrons. The standard InChI is InChI=1S/C14H15N3O3S/c1-8-5-10(6-11(9(8)2)13(18)19)17-14(20)16-7-12-15-3-4-21-12/h3-6H,7H2,1-2H3,(H,18,19)(H2,16,17,20). The average Bonchev–Trinajstić information content (AvgIpc) is 2.93. The van der Waals surface area contributed by atoms with E-state index in [-0.39, 0.29) is 5.56 Å². The van der Waals surface area contributed by atoms with Gasteiger partial charge in [-0.2, -0.15) is 0 Å². The number of hydrogen-bond donors (Lipinski definition) is 3. The van der Waals surface area contributed by atoms with E-state index in [1.165, 1.54) is 17.4 Å². The molecule has 1 heterocycles. The summed E-state index contributed by atoms with van der Waals surface area (Å²) in [6.45, 7) is 3.88. The third-order valence-electron chi connectivity index (χ3n) is 3.04. The van der Waals surface area contributed by atoms with Gasteiger partial charge in [0.05, 0.1) is 12.1 Å². The number of carbonyl (C=O) groups excluding carboxylic acids is 1. The van der Waals surface area contributed by atoms with Gasteiger partial charge in [-0.05, 0) is 37.1 Å². The normalized spacial score (nSPS) is 10.2. The van der Waals surface area contributed by atoms with Gasteiger partial charge in [0.2, 0.25) is 0 Å². The van der Waals surface area contributed by atoms with E-state index >= 15 is 0 Å². The van der Waals surface area contributed by atoms with Gasteiger partial charge in [0.15, 0.2) is 0 Å². The molecule has 2 amide bonds. The largest absolute Gasteiger partial charge is 0.478 e. The molecule has 7 heteroatoms. The van der Waals surface area contributed by atoms with E-state index in [0.717, 1.165) is 10.6 Å². The molecule has 0 saturated carbocycles. The van der Waals surface area contributed by atoms with E-state index in [0.29, 0.717) is 17.8 Å². The fourth-order valence-electron chi connectivity index (χ4n) is 1.83. The van der Waals surface area contributed by atoms with Crippen molar-refractivity contribution in [1.82, 2.24) is 10.3 Å². The highest BCUT2D eigenvalue weighted by molar-refractivity contribution is 7.09. The summed E-state index contributed by atoms with van der Waals surface area (Å²) in [6, 6.07) is 2.79. The molecule has 0 unspecified atom stereocenters. The van der Waals surface area contributed by atoms with E-state index in [1.54, 1.807) is 26.1 Å². The minimum atomic E-state index is -1.01. The molecule has 2 aromatic rings. The molecule has 0 aliphatic heterocycles. The zero-order valence-electron chi connectivity index (χ0n) is 11.6. The summed E-state index contributed by atoms with van der Waals surface area (Å²) in [5.74, 6) is -1.01. The first-order chi connectivity index (χ1) is 9.97. The van der Waals surface area contributed by atoms with Crippen LogP contribution in [-0.2, 0) is 6.54 Å². The predicted octanol–water partition coefficient (Wildman–Crippen LogP) is 2.78. The van der Waals surface area contributed by atoms with Crippen LogP contribution >= 0.6 is 11.3 Å². The van der Waals surface area contributed by atoms with Crippen LogP contribution in [0.5, 0.6) is 0 Å². The third kappa shape index (κ3) is 3.79. The lowest BCUT2D eigenvalue weighted by molar-refractivity contribution is 0.0696. The number of aromatic nitrogens is 1. The van der Waals surface area contributed by atoms with E-state index < -0.39 is 12.0 Å². The maximum atomic E-state index is 11.8. The summed E-state index contributed by atoms with van der Waals surface area (Å²) >= 11 is 1.45. The number of aryl methyl sites for hydroxylation is 1. The molecule has 0 aliphatic rings. The van der Waals surface area contributed by atoms with Gasteiger partial charge >= 0.3 is 12.0 Å². The van der Waals surface area contributed by atoms with Crippen LogP contribution in [0.15, 0.2) is 23.7 Å². The summed E-state index contributed by atoms with van der Waals surface area (Å²) in [6.07, 6.45) is 1.67. The average molecular weight is 305 g/mol. The van der Waals surface area contributed by atoms with Crippen molar-refractivity contribution in [3.63, 3.8) is 0 Å². The fourth-order valence-corrected chi connectivity index (χ4v) is 2.38. The second-order valence-corrected chi connectivity index (χ2v) is 5.48. The van der Waals surface area contributed by atoms with E-state index in [4.69, 9.17) is 5.11 Å². The molecule has 0 aliphatic carbocycles.